The molecule has 2 nitrogen and oxygen atoms in total. The normalized spacial score (nSPS) is 26.1. The number of likely N-dealkylation sites (tertiary alicyclic amines) is 1. The van der Waals surface area contributed by atoms with Crippen molar-refractivity contribution in [2.75, 3.05) is 19.6 Å². The highest BCUT2D eigenvalue weighted by Crippen LogP contribution is 2.41. The smallest absolute Gasteiger partial charge is 0.0635 e. The van der Waals surface area contributed by atoms with Crippen LogP contribution in [0.2, 0.25) is 0 Å². The van der Waals surface area contributed by atoms with Gasteiger partial charge in [0.05, 0.1) is 6.07 Å². The zero-order valence-corrected chi connectivity index (χ0v) is 6.79. The Balaban J connectivity index is 1.60. The molecule has 1 saturated carbocycles. The molecule has 60 valence electrons. The van der Waals surface area contributed by atoms with Crippen LogP contribution in [-0.2, 0) is 0 Å². The van der Waals surface area contributed by atoms with Crippen molar-refractivity contribution in [2.24, 2.45) is 11.8 Å². The number of hydrogen-bond acceptors (Lipinski definition) is 2. The minimum atomic E-state index is 0.706. The Labute approximate surface area is 67.8 Å². The van der Waals surface area contributed by atoms with E-state index in [0.717, 1.165) is 18.4 Å². The van der Waals surface area contributed by atoms with Crippen molar-refractivity contribution in [3.8, 4) is 6.07 Å². The monoisotopic (exact) mass is 150 g/mol. The molecule has 2 fully saturated rings. The summed E-state index contributed by atoms with van der Waals surface area (Å²) in [5.41, 5.74) is 0. The molecule has 2 heteroatoms. The van der Waals surface area contributed by atoms with Crippen LogP contribution in [0.1, 0.15) is 19.3 Å². The van der Waals surface area contributed by atoms with E-state index < -0.39 is 0 Å². The summed E-state index contributed by atoms with van der Waals surface area (Å²) in [6.07, 6.45) is 3.64. The van der Waals surface area contributed by atoms with E-state index in [0.29, 0.717) is 6.42 Å². The fraction of sp³-hybridized carbons (Fsp3) is 0.889. The highest BCUT2D eigenvalue weighted by Gasteiger charge is 2.38. The summed E-state index contributed by atoms with van der Waals surface area (Å²) in [5.74, 6) is 2.06. The maximum Gasteiger partial charge on any atom is 0.0635 e. The summed E-state index contributed by atoms with van der Waals surface area (Å²) < 4.78 is 0. The van der Waals surface area contributed by atoms with E-state index >= 15 is 0 Å². The van der Waals surface area contributed by atoms with Gasteiger partial charge in [-0.15, -0.1) is 0 Å². The molecule has 11 heavy (non-hydrogen) atoms. The molecule has 0 spiro atoms. The average Bonchev–Trinajstić information content (AvgIpc) is 2.68. The van der Waals surface area contributed by atoms with Gasteiger partial charge in [-0.05, 0) is 24.7 Å². The van der Waals surface area contributed by atoms with Gasteiger partial charge in [-0.3, -0.25) is 0 Å². The largest absolute Gasteiger partial charge is 0.302 e. The van der Waals surface area contributed by atoms with Crippen LogP contribution >= 0.6 is 0 Å². The molecule has 0 amide bonds. The third-order valence-corrected chi connectivity index (χ3v) is 2.81. The quantitative estimate of drug-likeness (QED) is 0.605. The van der Waals surface area contributed by atoms with Crippen molar-refractivity contribution >= 4 is 0 Å². The van der Waals surface area contributed by atoms with Gasteiger partial charge >= 0.3 is 0 Å². The molecule has 1 aliphatic carbocycles. The standard InChI is InChI=1S/C9H14N2/c10-4-1-5-11-6-9(7-11)8-2-3-8/h8-9H,1-3,5-7H2. The number of nitriles is 1. The topological polar surface area (TPSA) is 27.0 Å². The van der Waals surface area contributed by atoms with Crippen molar-refractivity contribution in [3.63, 3.8) is 0 Å². The van der Waals surface area contributed by atoms with Gasteiger partial charge in [-0.2, -0.15) is 5.26 Å². The highest BCUT2D eigenvalue weighted by molar-refractivity contribution is 4.92. The second kappa shape index (κ2) is 2.83. The fourth-order valence-corrected chi connectivity index (χ4v) is 1.87. The molecule has 1 saturated heterocycles. The van der Waals surface area contributed by atoms with Crippen molar-refractivity contribution in [1.82, 2.24) is 4.90 Å². The predicted molar refractivity (Wildman–Crippen MR) is 42.9 cm³/mol. The van der Waals surface area contributed by atoms with E-state index in [-0.39, 0.29) is 0 Å². The van der Waals surface area contributed by atoms with Crippen LogP contribution in [0.5, 0.6) is 0 Å². The van der Waals surface area contributed by atoms with Gasteiger partial charge in [0.1, 0.15) is 0 Å². The molecular weight excluding hydrogens is 136 g/mol. The zero-order valence-electron chi connectivity index (χ0n) is 6.79. The summed E-state index contributed by atoms with van der Waals surface area (Å²) in [7, 11) is 0. The second-order valence-electron chi connectivity index (χ2n) is 3.77. The van der Waals surface area contributed by atoms with Crippen LogP contribution in [0, 0.1) is 23.2 Å². The molecule has 1 heterocycles. The lowest BCUT2D eigenvalue weighted by Crippen LogP contribution is -2.47. The Kier molecular flexibility index (Phi) is 1.83. The molecule has 1 aliphatic heterocycles. The summed E-state index contributed by atoms with van der Waals surface area (Å²) in [6.45, 7) is 3.54. The molecule has 2 aliphatic rings. The van der Waals surface area contributed by atoms with Crippen molar-refractivity contribution < 1.29 is 0 Å². The third kappa shape index (κ3) is 1.54. The highest BCUT2D eigenvalue weighted by atomic mass is 15.2. The van der Waals surface area contributed by atoms with E-state index in [9.17, 15) is 0 Å². The molecule has 0 aromatic carbocycles. The minimum absolute atomic E-state index is 0.706. The van der Waals surface area contributed by atoms with E-state index in [1.54, 1.807) is 0 Å². The van der Waals surface area contributed by atoms with Crippen molar-refractivity contribution in [1.29, 1.82) is 5.26 Å². The van der Waals surface area contributed by atoms with Crippen LogP contribution in [0.25, 0.3) is 0 Å². The first-order valence-corrected chi connectivity index (χ1v) is 4.49. The Bertz CT molecular complexity index is 172. The maximum absolute atomic E-state index is 8.35. The maximum atomic E-state index is 8.35. The Morgan fingerprint density at radius 1 is 1.27 bits per heavy atom. The van der Waals surface area contributed by atoms with Gasteiger partial charge in [0, 0.05) is 26.1 Å². The molecule has 0 N–H and O–H groups in total. The third-order valence-electron chi connectivity index (χ3n) is 2.81. The average molecular weight is 150 g/mol. The summed E-state index contributed by atoms with van der Waals surface area (Å²) in [5, 5.41) is 8.35. The van der Waals surface area contributed by atoms with Crippen molar-refractivity contribution in [3.05, 3.63) is 0 Å². The second-order valence-corrected chi connectivity index (χ2v) is 3.77. The lowest BCUT2D eigenvalue weighted by Gasteiger charge is -2.39. The van der Waals surface area contributed by atoms with E-state index in [1.807, 2.05) is 0 Å². The molecule has 0 bridgehead atoms. The summed E-state index contributed by atoms with van der Waals surface area (Å²) in [6, 6.07) is 2.18. The van der Waals surface area contributed by atoms with E-state index in [4.69, 9.17) is 5.26 Å². The number of hydrogen-bond donors (Lipinski definition) is 0. The first kappa shape index (κ1) is 7.12. The van der Waals surface area contributed by atoms with E-state index in [1.165, 1.54) is 25.9 Å². The van der Waals surface area contributed by atoms with Gasteiger partial charge in [0.2, 0.25) is 0 Å². The summed E-state index contributed by atoms with van der Waals surface area (Å²) in [4.78, 5) is 2.40. The van der Waals surface area contributed by atoms with Crippen LogP contribution in [0.15, 0.2) is 0 Å². The lowest BCUT2D eigenvalue weighted by atomic mass is 9.95. The van der Waals surface area contributed by atoms with Crippen LogP contribution < -0.4 is 0 Å². The molecular formula is C9H14N2. The van der Waals surface area contributed by atoms with Crippen LogP contribution in [0.3, 0.4) is 0 Å². The predicted octanol–water partition coefficient (Wildman–Crippen LogP) is 1.24. The van der Waals surface area contributed by atoms with E-state index in [2.05, 4.69) is 11.0 Å². The zero-order chi connectivity index (χ0) is 7.68. The Morgan fingerprint density at radius 2 is 2.00 bits per heavy atom. The molecule has 0 atom stereocenters. The van der Waals surface area contributed by atoms with Gasteiger partial charge in [0.15, 0.2) is 0 Å². The van der Waals surface area contributed by atoms with Crippen LogP contribution in [-0.4, -0.2) is 24.5 Å². The Morgan fingerprint density at radius 3 is 2.55 bits per heavy atom. The van der Waals surface area contributed by atoms with Crippen LogP contribution in [0.4, 0.5) is 0 Å². The number of rotatable bonds is 3. The minimum Gasteiger partial charge on any atom is -0.302 e. The lowest BCUT2D eigenvalue weighted by molar-refractivity contribution is 0.0880. The molecule has 0 unspecified atom stereocenters. The SMILES string of the molecule is N#CCCN1CC(C2CC2)C1. The first-order chi connectivity index (χ1) is 5.40. The summed E-state index contributed by atoms with van der Waals surface area (Å²) >= 11 is 0. The fourth-order valence-electron chi connectivity index (χ4n) is 1.87. The molecule has 2 rings (SSSR count). The van der Waals surface area contributed by atoms with Gasteiger partial charge in [-0.25, -0.2) is 0 Å². The number of nitrogens with zero attached hydrogens (tertiary/aromatic N) is 2. The van der Waals surface area contributed by atoms with Crippen molar-refractivity contribution in [2.45, 2.75) is 19.3 Å². The molecule has 0 aromatic rings. The molecule has 0 radical (unpaired) electrons. The first-order valence-electron chi connectivity index (χ1n) is 4.49. The van der Waals surface area contributed by atoms with Gasteiger partial charge in [0.25, 0.3) is 0 Å². The van der Waals surface area contributed by atoms with Gasteiger partial charge in [-0.1, -0.05) is 0 Å². The van der Waals surface area contributed by atoms with Gasteiger partial charge < -0.3 is 4.90 Å². The Hall–Kier alpha value is -0.550. The molecule has 0 aromatic heterocycles.